The molecule has 96 valence electrons. The number of benzene rings is 1. The molecule has 0 aliphatic carbocycles. The first-order valence-electron chi connectivity index (χ1n) is 5.25. The van der Waals surface area contributed by atoms with E-state index in [1.54, 1.807) is 25.3 Å². The number of aromatic nitrogens is 1. The lowest BCUT2D eigenvalue weighted by molar-refractivity contribution is 0.488. The minimum Gasteiger partial charge on any atom is -0.445 e. The lowest BCUT2D eigenvalue weighted by Gasteiger charge is -2.02. The third kappa shape index (κ3) is 3.49. The van der Waals surface area contributed by atoms with E-state index in [1.165, 1.54) is 6.07 Å². The lowest BCUT2D eigenvalue weighted by atomic mass is 10.2. The quantitative estimate of drug-likeness (QED) is 0.862. The summed E-state index contributed by atoms with van der Waals surface area (Å²) in [5, 5.41) is 0. The molecule has 1 aromatic heterocycles. The molecule has 0 fully saturated rings. The average Bonchev–Trinajstić information content (AvgIpc) is 2.69. The van der Waals surface area contributed by atoms with Gasteiger partial charge in [-0.05, 0) is 40.5 Å². The number of nitrogens with zero attached hydrogens (tertiary/aromatic N) is 1. The van der Waals surface area contributed by atoms with Crippen LogP contribution in [-0.2, 0) is 22.3 Å². The number of rotatable bonds is 4. The van der Waals surface area contributed by atoms with E-state index in [-0.39, 0.29) is 11.6 Å². The molecule has 2 aromatic rings. The minimum atomic E-state index is -1.12. The molecule has 3 nitrogen and oxygen atoms in total. The van der Waals surface area contributed by atoms with Gasteiger partial charge in [0.15, 0.2) is 0 Å². The highest BCUT2D eigenvalue weighted by atomic mass is 79.9. The zero-order valence-electron chi connectivity index (χ0n) is 9.65. The van der Waals surface area contributed by atoms with Crippen molar-refractivity contribution in [2.24, 2.45) is 0 Å². The van der Waals surface area contributed by atoms with Crippen LogP contribution in [0.5, 0.6) is 0 Å². The van der Waals surface area contributed by atoms with E-state index >= 15 is 0 Å². The van der Waals surface area contributed by atoms with Crippen LogP contribution in [0, 0.1) is 12.7 Å². The van der Waals surface area contributed by atoms with Gasteiger partial charge in [0.25, 0.3) is 0 Å². The van der Waals surface area contributed by atoms with Gasteiger partial charge in [0.2, 0.25) is 5.89 Å². The lowest BCUT2D eigenvalue weighted by Crippen LogP contribution is -2.00. The van der Waals surface area contributed by atoms with Gasteiger partial charge >= 0.3 is 0 Å². The van der Waals surface area contributed by atoms with Crippen molar-refractivity contribution in [1.82, 2.24) is 4.98 Å². The maximum Gasteiger partial charge on any atom is 0.206 e. The Morgan fingerprint density at radius 1 is 1.44 bits per heavy atom. The van der Waals surface area contributed by atoms with Gasteiger partial charge in [-0.3, -0.25) is 4.21 Å². The summed E-state index contributed by atoms with van der Waals surface area (Å²) in [5.41, 5.74) is 0.810. The fourth-order valence-electron chi connectivity index (χ4n) is 1.47. The zero-order valence-corrected chi connectivity index (χ0v) is 12.1. The molecule has 18 heavy (non-hydrogen) atoms. The fraction of sp³-hybridized carbons (Fsp3) is 0.250. The smallest absolute Gasteiger partial charge is 0.206 e. The first kappa shape index (κ1) is 13.4. The topological polar surface area (TPSA) is 43.1 Å². The molecular formula is C12H11BrFNO2S. The second kappa shape index (κ2) is 5.75. The Morgan fingerprint density at radius 3 is 2.83 bits per heavy atom. The second-order valence-corrected chi connectivity index (χ2v) is 6.15. The minimum absolute atomic E-state index is 0.267. The predicted molar refractivity (Wildman–Crippen MR) is 70.9 cm³/mol. The van der Waals surface area contributed by atoms with Crippen LogP contribution in [0.3, 0.4) is 0 Å². The van der Waals surface area contributed by atoms with Crippen LogP contribution in [0.2, 0.25) is 0 Å². The van der Waals surface area contributed by atoms with Crippen molar-refractivity contribution in [2.75, 3.05) is 0 Å². The van der Waals surface area contributed by atoms with Crippen molar-refractivity contribution >= 4 is 26.7 Å². The van der Waals surface area contributed by atoms with E-state index in [2.05, 4.69) is 20.9 Å². The Bertz CT molecular complexity index is 585. The molecule has 0 aliphatic rings. The first-order valence-corrected chi connectivity index (χ1v) is 7.53. The van der Waals surface area contributed by atoms with E-state index in [0.29, 0.717) is 21.9 Å². The van der Waals surface area contributed by atoms with Crippen molar-refractivity contribution in [3.8, 4) is 0 Å². The maximum atomic E-state index is 13.0. The number of hydrogen-bond donors (Lipinski definition) is 0. The van der Waals surface area contributed by atoms with Gasteiger partial charge in [0, 0.05) is 16.6 Å². The van der Waals surface area contributed by atoms with Crippen molar-refractivity contribution in [2.45, 2.75) is 18.4 Å². The van der Waals surface area contributed by atoms with Crippen LogP contribution < -0.4 is 0 Å². The maximum absolute atomic E-state index is 13.0. The third-order valence-corrected chi connectivity index (χ3v) is 4.10. The van der Waals surface area contributed by atoms with Gasteiger partial charge < -0.3 is 4.42 Å². The van der Waals surface area contributed by atoms with Gasteiger partial charge in [-0.1, -0.05) is 6.07 Å². The Morgan fingerprint density at radius 2 is 2.22 bits per heavy atom. The summed E-state index contributed by atoms with van der Waals surface area (Å²) < 4.78 is 30.6. The molecule has 0 amide bonds. The highest BCUT2D eigenvalue weighted by molar-refractivity contribution is 9.10. The van der Waals surface area contributed by atoms with Crippen LogP contribution in [0.1, 0.15) is 17.2 Å². The summed E-state index contributed by atoms with van der Waals surface area (Å²) in [6.45, 7) is 1.79. The summed E-state index contributed by atoms with van der Waals surface area (Å²) in [7, 11) is -1.12. The molecule has 1 aromatic carbocycles. The molecule has 6 heteroatoms. The van der Waals surface area contributed by atoms with E-state index < -0.39 is 10.8 Å². The van der Waals surface area contributed by atoms with Gasteiger partial charge in [0.1, 0.15) is 17.3 Å². The molecule has 1 atom stereocenters. The van der Waals surface area contributed by atoms with Crippen LogP contribution in [-0.4, -0.2) is 9.19 Å². The zero-order chi connectivity index (χ0) is 13.1. The standard InChI is InChI=1S/C12H11BrFNO2S/c1-8-5-15-12(17-8)7-18(16)6-9-2-3-11(14)10(13)4-9/h2-5H,6-7H2,1H3/t18-/m0/s1. The molecule has 0 radical (unpaired) electrons. The van der Waals surface area contributed by atoms with Crippen LogP contribution in [0.4, 0.5) is 4.39 Å². The number of aryl methyl sites for hydroxylation is 1. The van der Waals surface area contributed by atoms with Crippen LogP contribution >= 0.6 is 15.9 Å². The molecule has 0 N–H and O–H groups in total. The highest BCUT2D eigenvalue weighted by Crippen LogP contribution is 2.18. The molecule has 0 unspecified atom stereocenters. The summed E-state index contributed by atoms with van der Waals surface area (Å²) in [4.78, 5) is 4.00. The molecule has 0 saturated carbocycles. The molecule has 0 saturated heterocycles. The van der Waals surface area contributed by atoms with E-state index in [0.717, 1.165) is 5.56 Å². The summed E-state index contributed by atoms with van der Waals surface area (Å²) in [5.74, 6) is 1.45. The SMILES string of the molecule is Cc1cnc(C[S@@](=O)Cc2ccc(F)c(Br)c2)o1. The average molecular weight is 332 g/mol. The number of halogens is 2. The van der Waals surface area contributed by atoms with E-state index in [1.807, 2.05) is 0 Å². The fourth-order valence-corrected chi connectivity index (χ4v) is 2.96. The molecule has 1 heterocycles. The van der Waals surface area contributed by atoms with Gasteiger partial charge in [-0.25, -0.2) is 9.37 Å². The molecular weight excluding hydrogens is 321 g/mol. The molecule has 0 spiro atoms. The summed E-state index contributed by atoms with van der Waals surface area (Å²) >= 11 is 3.10. The largest absolute Gasteiger partial charge is 0.445 e. The number of oxazole rings is 1. The Kier molecular flexibility index (Phi) is 4.29. The Labute approximate surface area is 115 Å². The van der Waals surface area contributed by atoms with Crippen molar-refractivity contribution in [1.29, 1.82) is 0 Å². The Balaban J connectivity index is 2.00. The summed E-state index contributed by atoms with van der Waals surface area (Å²) in [6, 6.07) is 4.61. The van der Waals surface area contributed by atoms with Crippen LogP contribution in [0.25, 0.3) is 0 Å². The van der Waals surface area contributed by atoms with Gasteiger partial charge in [-0.2, -0.15) is 0 Å². The van der Waals surface area contributed by atoms with Gasteiger partial charge in [0.05, 0.1) is 10.7 Å². The van der Waals surface area contributed by atoms with E-state index in [9.17, 15) is 8.60 Å². The van der Waals surface area contributed by atoms with Crippen molar-refractivity contribution in [3.05, 3.63) is 51.9 Å². The first-order chi connectivity index (χ1) is 8.54. The summed E-state index contributed by atoms with van der Waals surface area (Å²) in [6.07, 6.45) is 1.60. The van der Waals surface area contributed by atoms with Crippen molar-refractivity contribution < 1.29 is 13.0 Å². The monoisotopic (exact) mass is 331 g/mol. The van der Waals surface area contributed by atoms with Crippen LogP contribution in [0.15, 0.2) is 33.3 Å². The van der Waals surface area contributed by atoms with Gasteiger partial charge in [-0.15, -0.1) is 0 Å². The highest BCUT2D eigenvalue weighted by Gasteiger charge is 2.09. The molecule has 0 aliphatic heterocycles. The number of hydrogen-bond acceptors (Lipinski definition) is 3. The second-order valence-electron chi connectivity index (χ2n) is 3.84. The predicted octanol–water partition coefficient (Wildman–Crippen LogP) is 3.33. The van der Waals surface area contributed by atoms with E-state index in [4.69, 9.17) is 4.42 Å². The third-order valence-electron chi connectivity index (χ3n) is 2.27. The normalized spacial score (nSPS) is 12.6. The Hall–Kier alpha value is -1.01. The van der Waals surface area contributed by atoms with Crippen molar-refractivity contribution in [3.63, 3.8) is 0 Å². The molecule has 0 bridgehead atoms. The molecule has 2 rings (SSSR count).